The first kappa shape index (κ1) is 14.4. The fraction of sp³-hybridized carbons (Fsp3) is 0.375. The summed E-state index contributed by atoms with van der Waals surface area (Å²) in [6.07, 6.45) is 2.23. The van der Waals surface area contributed by atoms with E-state index < -0.39 is 0 Å². The van der Waals surface area contributed by atoms with Gasteiger partial charge in [0.25, 0.3) is 0 Å². The maximum atomic E-state index is 12.9. The fourth-order valence-electron chi connectivity index (χ4n) is 2.82. The minimum Gasteiger partial charge on any atom is -0.358 e. The van der Waals surface area contributed by atoms with Crippen LogP contribution in [0, 0.1) is 6.92 Å². The second-order valence-electron chi connectivity index (χ2n) is 5.93. The van der Waals surface area contributed by atoms with Crippen LogP contribution in [0.25, 0.3) is 10.9 Å². The van der Waals surface area contributed by atoms with Gasteiger partial charge in [-0.1, -0.05) is 30.0 Å². The SMILES string of the molecule is Cc1[nH]c2ccccc2c1C(=O)[C@@H](C)Sc1nnnn1C1CC1. The van der Waals surface area contributed by atoms with Gasteiger partial charge in [0.1, 0.15) is 0 Å². The topological polar surface area (TPSA) is 76.5 Å². The van der Waals surface area contributed by atoms with Gasteiger partial charge in [-0.25, -0.2) is 4.68 Å². The summed E-state index contributed by atoms with van der Waals surface area (Å²) in [5.74, 6) is 0.107. The highest BCUT2D eigenvalue weighted by atomic mass is 32.2. The molecule has 0 saturated heterocycles. The van der Waals surface area contributed by atoms with Gasteiger partial charge in [-0.15, -0.1) is 5.10 Å². The second-order valence-corrected chi connectivity index (χ2v) is 7.24. The smallest absolute Gasteiger partial charge is 0.210 e. The largest absolute Gasteiger partial charge is 0.358 e. The van der Waals surface area contributed by atoms with E-state index in [1.807, 2.05) is 42.8 Å². The van der Waals surface area contributed by atoms with Gasteiger partial charge in [0, 0.05) is 22.2 Å². The molecule has 7 heteroatoms. The first-order chi connectivity index (χ1) is 11.1. The molecule has 1 fully saturated rings. The number of aromatic amines is 1. The van der Waals surface area contributed by atoms with Crippen molar-refractivity contribution < 1.29 is 4.79 Å². The average Bonchev–Trinajstić information content (AvgIpc) is 3.19. The number of para-hydroxylation sites is 1. The van der Waals surface area contributed by atoms with E-state index in [2.05, 4.69) is 20.5 Å². The minimum atomic E-state index is -0.239. The summed E-state index contributed by atoms with van der Waals surface area (Å²) in [6, 6.07) is 8.30. The minimum absolute atomic E-state index is 0.107. The van der Waals surface area contributed by atoms with Gasteiger partial charge >= 0.3 is 0 Å². The zero-order valence-corrected chi connectivity index (χ0v) is 13.8. The normalized spacial score (nSPS) is 15.9. The Hall–Kier alpha value is -2.15. The van der Waals surface area contributed by atoms with Gasteiger partial charge in [-0.3, -0.25) is 4.79 Å². The van der Waals surface area contributed by atoms with Crippen molar-refractivity contribution in [2.45, 2.75) is 43.1 Å². The van der Waals surface area contributed by atoms with E-state index in [1.165, 1.54) is 11.8 Å². The van der Waals surface area contributed by atoms with E-state index in [4.69, 9.17) is 0 Å². The number of fused-ring (bicyclic) bond motifs is 1. The van der Waals surface area contributed by atoms with Crippen molar-refractivity contribution in [1.82, 2.24) is 25.2 Å². The van der Waals surface area contributed by atoms with Crippen LogP contribution in [0.3, 0.4) is 0 Å². The van der Waals surface area contributed by atoms with Crippen molar-refractivity contribution in [2.75, 3.05) is 0 Å². The predicted octanol–water partition coefficient (Wildman–Crippen LogP) is 3.16. The van der Waals surface area contributed by atoms with Crippen LogP contribution in [0.2, 0.25) is 0 Å². The Labute approximate surface area is 137 Å². The monoisotopic (exact) mass is 327 g/mol. The summed E-state index contributed by atoms with van der Waals surface area (Å²) in [4.78, 5) is 16.2. The van der Waals surface area contributed by atoms with Crippen LogP contribution in [0.1, 0.15) is 41.9 Å². The van der Waals surface area contributed by atoms with Crippen LogP contribution >= 0.6 is 11.8 Å². The molecule has 3 aromatic rings. The lowest BCUT2D eigenvalue weighted by Crippen LogP contribution is -2.15. The number of hydrogen-bond acceptors (Lipinski definition) is 5. The molecule has 1 aliphatic rings. The van der Waals surface area contributed by atoms with E-state index in [1.54, 1.807) is 0 Å². The quantitative estimate of drug-likeness (QED) is 0.575. The number of benzene rings is 1. The molecule has 1 aromatic carbocycles. The van der Waals surface area contributed by atoms with Crippen molar-refractivity contribution in [1.29, 1.82) is 0 Å². The number of ketones is 1. The standard InChI is InChI=1S/C16H17N5OS/c1-9-14(12-5-3-4-6-13(12)17-9)15(22)10(2)23-16-18-19-20-21(16)11-7-8-11/h3-6,10-11,17H,7-8H2,1-2H3/t10-/m1/s1. The highest BCUT2D eigenvalue weighted by Crippen LogP contribution is 2.37. The molecule has 0 spiro atoms. The van der Waals surface area contributed by atoms with Gasteiger partial charge in [0.05, 0.1) is 11.3 Å². The van der Waals surface area contributed by atoms with Crippen LogP contribution in [0.4, 0.5) is 0 Å². The van der Waals surface area contributed by atoms with Crippen molar-refractivity contribution in [3.8, 4) is 0 Å². The first-order valence-electron chi connectivity index (χ1n) is 7.71. The molecule has 4 rings (SSSR count). The summed E-state index contributed by atoms with van der Waals surface area (Å²) in [5, 5.41) is 13.3. The molecule has 2 heterocycles. The summed E-state index contributed by atoms with van der Waals surface area (Å²) in [5.41, 5.74) is 2.67. The van der Waals surface area contributed by atoms with Gasteiger partial charge in [0.15, 0.2) is 5.78 Å². The van der Waals surface area contributed by atoms with E-state index in [0.29, 0.717) is 6.04 Å². The number of carbonyl (C=O) groups is 1. The lowest BCUT2D eigenvalue weighted by molar-refractivity contribution is 0.0995. The van der Waals surface area contributed by atoms with Crippen LogP contribution in [0.5, 0.6) is 0 Å². The van der Waals surface area contributed by atoms with Crippen LogP contribution in [-0.2, 0) is 0 Å². The molecule has 1 aliphatic carbocycles. The van der Waals surface area contributed by atoms with Gasteiger partial charge in [0.2, 0.25) is 5.16 Å². The zero-order valence-electron chi connectivity index (χ0n) is 13.0. The third-order valence-electron chi connectivity index (χ3n) is 4.15. The molecule has 6 nitrogen and oxygen atoms in total. The maximum Gasteiger partial charge on any atom is 0.210 e. The van der Waals surface area contributed by atoms with Crippen molar-refractivity contribution in [3.63, 3.8) is 0 Å². The van der Waals surface area contributed by atoms with Crippen LogP contribution in [-0.4, -0.2) is 36.2 Å². The molecule has 0 bridgehead atoms. The third-order valence-corrected chi connectivity index (χ3v) is 5.19. The van der Waals surface area contributed by atoms with E-state index in [9.17, 15) is 4.79 Å². The summed E-state index contributed by atoms with van der Waals surface area (Å²) < 4.78 is 1.84. The van der Waals surface area contributed by atoms with Gasteiger partial charge < -0.3 is 4.98 Å². The predicted molar refractivity (Wildman–Crippen MR) is 88.8 cm³/mol. The second kappa shape index (κ2) is 5.49. The third kappa shape index (κ3) is 2.55. The molecule has 0 amide bonds. The Morgan fingerprint density at radius 1 is 1.39 bits per heavy atom. The van der Waals surface area contributed by atoms with Crippen LogP contribution in [0.15, 0.2) is 29.4 Å². The number of hydrogen-bond donors (Lipinski definition) is 1. The summed E-state index contributed by atoms with van der Waals surface area (Å²) in [6.45, 7) is 3.86. The highest BCUT2D eigenvalue weighted by Gasteiger charge is 2.30. The number of nitrogens with zero attached hydrogens (tertiary/aromatic N) is 4. The summed E-state index contributed by atoms with van der Waals surface area (Å²) in [7, 11) is 0. The Morgan fingerprint density at radius 3 is 2.96 bits per heavy atom. The van der Waals surface area contributed by atoms with E-state index in [0.717, 1.165) is 40.2 Å². The zero-order chi connectivity index (χ0) is 16.0. The molecule has 1 saturated carbocycles. The van der Waals surface area contributed by atoms with E-state index >= 15 is 0 Å². The number of H-pyrrole nitrogens is 1. The van der Waals surface area contributed by atoms with Crippen molar-refractivity contribution >= 4 is 28.4 Å². The lowest BCUT2D eigenvalue weighted by atomic mass is 10.1. The Balaban J connectivity index is 1.62. The fourth-order valence-corrected chi connectivity index (χ4v) is 3.74. The summed E-state index contributed by atoms with van der Waals surface area (Å²) >= 11 is 1.43. The van der Waals surface area contributed by atoms with E-state index in [-0.39, 0.29) is 11.0 Å². The van der Waals surface area contributed by atoms with Gasteiger partial charge in [-0.2, -0.15) is 0 Å². The Kier molecular flexibility index (Phi) is 3.45. The number of aromatic nitrogens is 5. The van der Waals surface area contributed by atoms with Crippen molar-refractivity contribution in [3.05, 3.63) is 35.5 Å². The average molecular weight is 327 g/mol. The van der Waals surface area contributed by atoms with Gasteiger partial charge in [-0.05, 0) is 43.2 Å². The molecular weight excluding hydrogens is 310 g/mol. The molecular formula is C16H17N5OS. The number of nitrogens with one attached hydrogen (secondary N) is 1. The highest BCUT2D eigenvalue weighted by molar-refractivity contribution is 8.00. The van der Waals surface area contributed by atoms with Crippen LogP contribution < -0.4 is 0 Å². The number of aryl methyl sites for hydroxylation is 1. The molecule has 23 heavy (non-hydrogen) atoms. The molecule has 0 aliphatic heterocycles. The molecule has 2 aromatic heterocycles. The Morgan fingerprint density at radius 2 is 2.17 bits per heavy atom. The molecule has 0 radical (unpaired) electrons. The maximum absolute atomic E-state index is 12.9. The van der Waals surface area contributed by atoms with Crippen molar-refractivity contribution in [2.24, 2.45) is 0 Å². The molecule has 0 unspecified atom stereocenters. The number of carbonyl (C=O) groups excluding carboxylic acids is 1. The molecule has 1 N–H and O–H groups in total. The first-order valence-corrected chi connectivity index (χ1v) is 8.59. The number of thioether (sulfide) groups is 1. The molecule has 118 valence electrons. The Bertz CT molecular complexity index is 880. The number of rotatable bonds is 5. The number of tetrazole rings is 1. The lowest BCUT2D eigenvalue weighted by Gasteiger charge is -2.10. The molecule has 1 atom stereocenters. The number of Topliss-reactive ketones (excluding diaryl/α,β-unsaturated/α-hetero) is 1.